The molecule has 5 heterocycles. The Morgan fingerprint density at radius 2 is 1.36 bits per heavy atom. The molecular formula is C33H45N4O6S+. The molecule has 0 bridgehead atoms. The highest BCUT2D eigenvalue weighted by atomic mass is 32.2. The van der Waals surface area contributed by atoms with Crippen molar-refractivity contribution >= 4 is 35.5 Å². The fourth-order valence-corrected chi connectivity index (χ4v) is 9.31. The van der Waals surface area contributed by atoms with Crippen molar-refractivity contribution < 1.29 is 29.4 Å². The molecule has 3 aliphatic heterocycles. The fourth-order valence-electron chi connectivity index (χ4n) is 7.63. The van der Waals surface area contributed by atoms with Gasteiger partial charge in [-0.3, -0.25) is 19.2 Å². The number of hydrogen-bond acceptors (Lipinski definition) is 4. The second kappa shape index (κ2) is 12.1. The largest absolute Gasteiger partial charge is 0.481 e. The quantitative estimate of drug-likeness (QED) is 0.114. The summed E-state index contributed by atoms with van der Waals surface area (Å²) in [7, 11) is 0. The van der Waals surface area contributed by atoms with E-state index in [1.54, 1.807) is 0 Å². The van der Waals surface area contributed by atoms with E-state index in [1.807, 2.05) is 34.6 Å². The molecule has 5 atom stereocenters. The van der Waals surface area contributed by atoms with E-state index in [0.29, 0.717) is 43.8 Å². The topological polar surface area (TPSA) is 164 Å². The normalized spacial score (nSPS) is 26.0. The molecule has 2 saturated heterocycles. The maximum absolute atomic E-state index is 12.7. The van der Waals surface area contributed by atoms with E-state index in [0.717, 1.165) is 56.2 Å². The zero-order chi connectivity index (χ0) is 32.1. The third-order valence-electron chi connectivity index (χ3n) is 10.4. The highest BCUT2D eigenvalue weighted by Gasteiger charge is 2.76. The van der Waals surface area contributed by atoms with Crippen molar-refractivity contribution in [1.82, 2.24) is 20.6 Å². The number of carbonyl (C=O) groups excluding carboxylic acids is 2. The first-order valence-electron chi connectivity index (χ1n) is 15.6. The van der Waals surface area contributed by atoms with E-state index in [-0.39, 0.29) is 47.4 Å². The van der Waals surface area contributed by atoms with Crippen LogP contribution >= 0.6 is 0 Å². The Hall–Kier alpha value is -3.47. The Balaban J connectivity index is 1.48. The van der Waals surface area contributed by atoms with Crippen molar-refractivity contribution in [3.63, 3.8) is 0 Å². The highest BCUT2D eigenvalue weighted by Crippen LogP contribution is 2.51. The highest BCUT2D eigenvalue weighted by molar-refractivity contribution is 7.89. The van der Waals surface area contributed by atoms with Gasteiger partial charge in [-0.2, -0.15) is 0 Å². The molecule has 11 heteroatoms. The lowest BCUT2D eigenvalue weighted by molar-refractivity contribution is -0.138. The molecule has 6 N–H and O–H groups in total. The first-order chi connectivity index (χ1) is 20.8. The molecule has 2 aromatic rings. The maximum atomic E-state index is 12.7. The second-order valence-corrected chi connectivity index (χ2v) is 14.6. The number of aromatic nitrogens is 2. The van der Waals surface area contributed by atoms with E-state index >= 15 is 0 Å². The minimum Gasteiger partial charge on any atom is -0.481 e. The monoisotopic (exact) mass is 625 g/mol. The fraction of sp³-hybridized carbons (Fsp3) is 0.576. The summed E-state index contributed by atoms with van der Waals surface area (Å²) in [5.41, 5.74) is 9.56. The first kappa shape index (κ1) is 31.9. The Kier molecular flexibility index (Phi) is 8.81. The van der Waals surface area contributed by atoms with Gasteiger partial charge in [-0.15, -0.1) is 0 Å². The number of hydrogen-bond donors (Lipinski definition) is 6. The molecule has 0 aliphatic carbocycles. The standard InChI is InChI=1S/C33H44N4O6S/c1-7-20-15(2)24(36-32(20)43)12-23-16(3)21(8-10-29(38)39)26(34-23)13-27-22(9-11-30(40)41)17(4)25(35-27)14-28-33(19(6)44-33)18(5)31(42)37-28/h18-19,24,28,34-35H,7-14H2,1-6H3,(H,36,43)(H,37,42)(H,38,39)(H,40,41)/p+1/t18?,19-,24+,28-,33+/m0/s1. The second-order valence-electron chi connectivity index (χ2n) is 12.8. The average Bonchev–Trinajstić information content (AvgIpc) is 3.13. The lowest BCUT2D eigenvalue weighted by Gasteiger charge is -2.14. The van der Waals surface area contributed by atoms with Crippen LogP contribution in [0.3, 0.4) is 0 Å². The summed E-state index contributed by atoms with van der Waals surface area (Å²) in [4.78, 5) is 55.5. The Bertz CT molecular complexity index is 1550. The van der Waals surface area contributed by atoms with E-state index < -0.39 is 11.9 Å². The molecule has 2 amide bonds. The van der Waals surface area contributed by atoms with Crippen molar-refractivity contribution in [3.8, 4) is 0 Å². The van der Waals surface area contributed by atoms with Gasteiger partial charge in [0, 0.05) is 60.5 Å². The Morgan fingerprint density at radius 3 is 1.82 bits per heavy atom. The molecule has 2 fully saturated rings. The summed E-state index contributed by atoms with van der Waals surface area (Å²) in [5, 5.41) is 25.8. The molecule has 3 aliphatic rings. The number of rotatable bonds is 13. The summed E-state index contributed by atoms with van der Waals surface area (Å²) < 4.78 is -0.0641. The van der Waals surface area contributed by atoms with E-state index in [2.05, 4.69) is 27.5 Å². The molecule has 2 aromatic heterocycles. The van der Waals surface area contributed by atoms with Crippen LogP contribution in [-0.4, -0.2) is 66.0 Å². The number of nitrogens with one attached hydrogen (secondary N) is 4. The summed E-state index contributed by atoms with van der Waals surface area (Å²) in [6.07, 6.45) is 3.07. The lowest BCUT2D eigenvalue weighted by Crippen LogP contribution is -2.38. The zero-order valence-electron chi connectivity index (χ0n) is 26.4. The number of carboxylic acids is 2. The average molecular weight is 626 g/mol. The summed E-state index contributed by atoms with van der Waals surface area (Å²) in [6.45, 7) is 12.2. The van der Waals surface area contributed by atoms with Gasteiger partial charge in [0.15, 0.2) is 5.25 Å². The van der Waals surface area contributed by atoms with Crippen LogP contribution in [0.2, 0.25) is 0 Å². The summed E-state index contributed by atoms with van der Waals surface area (Å²) in [5.74, 6) is -1.72. The molecule has 0 aromatic carbocycles. The zero-order valence-corrected chi connectivity index (χ0v) is 27.3. The first-order valence-corrected chi connectivity index (χ1v) is 16.6. The molecule has 10 nitrogen and oxygen atoms in total. The predicted octanol–water partition coefficient (Wildman–Crippen LogP) is 2.99. The summed E-state index contributed by atoms with van der Waals surface area (Å²) in [6, 6.07) is -0.114. The number of H-pyrrole nitrogens is 2. The van der Waals surface area contributed by atoms with Crippen LogP contribution in [0.4, 0.5) is 0 Å². The van der Waals surface area contributed by atoms with Gasteiger partial charge >= 0.3 is 11.9 Å². The van der Waals surface area contributed by atoms with Crippen LogP contribution in [0, 0.1) is 19.8 Å². The van der Waals surface area contributed by atoms with Crippen molar-refractivity contribution in [3.05, 3.63) is 56.2 Å². The molecule has 5 rings (SSSR count). The van der Waals surface area contributed by atoms with Crippen LogP contribution in [0.15, 0.2) is 11.1 Å². The number of aromatic amines is 2. The van der Waals surface area contributed by atoms with Gasteiger partial charge in [-0.05, 0) is 93.5 Å². The molecule has 44 heavy (non-hydrogen) atoms. The maximum Gasteiger partial charge on any atom is 0.303 e. The van der Waals surface area contributed by atoms with E-state index in [9.17, 15) is 29.4 Å². The third kappa shape index (κ3) is 5.71. The van der Waals surface area contributed by atoms with Crippen molar-refractivity contribution in [2.75, 3.05) is 0 Å². The molecular weight excluding hydrogens is 580 g/mol. The van der Waals surface area contributed by atoms with Crippen LogP contribution in [-0.2, 0) is 63.0 Å². The summed E-state index contributed by atoms with van der Waals surface area (Å²) >= 11 is 1.29. The third-order valence-corrected chi connectivity index (χ3v) is 12.5. The van der Waals surface area contributed by atoms with Gasteiger partial charge in [0.1, 0.15) is 0 Å². The number of carbonyl (C=O) groups is 4. The van der Waals surface area contributed by atoms with Gasteiger partial charge in [0.05, 0.1) is 18.0 Å². The van der Waals surface area contributed by atoms with Crippen molar-refractivity contribution in [1.29, 1.82) is 0 Å². The van der Waals surface area contributed by atoms with Crippen LogP contribution in [0.5, 0.6) is 0 Å². The van der Waals surface area contributed by atoms with Crippen LogP contribution in [0.25, 0.3) is 0 Å². The SMILES string of the molecule is CCC1=C(C)[C@@H](Cc2[nH]c(Cc3[nH]c(C[C@@H]4NC(=O)C(C)[C@]45[SH+][C@H]5C)c(C)c3CCC(=O)O)c(CCC(=O)O)c2C)NC1=O. The van der Waals surface area contributed by atoms with Crippen molar-refractivity contribution in [2.45, 2.75) is 115 Å². The number of thiol groups is 1. The minimum atomic E-state index is -0.872. The van der Waals surface area contributed by atoms with Gasteiger partial charge in [0.25, 0.3) is 0 Å². The molecule has 1 unspecified atom stereocenters. The van der Waals surface area contributed by atoms with Gasteiger partial charge in [0.2, 0.25) is 16.6 Å². The number of aliphatic carboxylic acids is 2. The van der Waals surface area contributed by atoms with Crippen molar-refractivity contribution in [2.24, 2.45) is 5.92 Å². The molecule has 0 radical (unpaired) electrons. The van der Waals surface area contributed by atoms with E-state index in [4.69, 9.17) is 0 Å². The predicted molar refractivity (Wildman–Crippen MR) is 170 cm³/mol. The van der Waals surface area contributed by atoms with Gasteiger partial charge in [-0.25, -0.2) is 0 Å². The van der Waals surface area contributed by atoms with Crippen LogP contribution < -0.4 is 10.6 Å². The number of amides is 2. The molecule has 1 spiro atoms. The lowest BCUT2D eigenvalue weighted by atomic mass is 9.86. The minimum absolute atomic E-state index is 0.00442. The van der Waals surface area contributed by atoms with E-state index in [1.165, 1.54) is 11.8 Å². The molecule has 238 valence electrons. The van der Waals surface area contributed by atoms with Gasteiger partial charge < -0.3 is 30.8 Å². The smallest absolute Gasteiger partial charge is 0.303 e. The Morgan fingerprint density at radius 1 is 0.841 bits per heavy atom. The number of carboxylic acid groups (broad SMARTS) is 2. The Labute approximate surface area is 262 Å². The van der Waals surface area contributed by atoms with Crippen LogP contribution in [0.1, 0.15) is 92.0 Å². The van der Waals surface area contributed by atoms with Gasteiger partial charge in [-0.1, -0.05) is 6.92 Å². The molecule has 0 saturated carbocycles.